The maximum atomic E-state index is 10.9. The van der Waals surface area contributed by atoms with E-state index in [2.05, 4.69) is 5.32 Å². The van der Waals surface area contributed by atoms with Gasteiger partial charge in [-0.3, -0.25) is 10.1 Å². The predicted molar refractivity (Wildman–Crippen MR) is 55.4 cm³/mol. The highest BCUT2D eigenvalue weighted by Gasteiger charge is 2.14. The fourth-order valence-electron chi connectivity index (χ4n) is 1.08. The van der Waals surface area contributed by atoms with E-state index in [1.54, 1.807) is 12.1 Å². The second-order valence-electron chi connectivity index (χ2n) is 3.00. The summed E-state index contributed by atoms with van der Waals surface area (Å²) in [5.74, 6) is 0.178. The molecule has 1 aromatic heterocycles. The molecule has 1 unspecified atom stereocenters. The standard InChI is InChI=1S/C9H13ClN2O3/c1-14-5-7(9(11)13)12-4-6-2-3-8(10)15-6/h2-3,7,12H,4-5H2,1H3,(H2,11,13). The molecule has 0 saturated carbocycles. The van der Waals surface area contributed by atoms with E-state index in [9.17, 15) is 4.79 Å². The summed E-state index contributed by atoms with van der Waals surface area (Å²) < 4.78 is 9.94. The highest BCUT2D eigenvalue weighted by molar-refractivity contribution is 6.28. The highest BCUT2D eigenvalue weighted by atomic mass is 35.5. The van der Waals surface area contributed by atoms with E-state index < -0.39 is 11.9 Å². The van der Waals surface area contributed by atoms with Crippen molar-refractivity contribution in [2.45, 2.75) is 12.6 Å². The zero-order valence-corrected chi connectivity index (χ0v) is 9.08. The maximum absolute atomic E-state index is 10.9. The number of methoxy groups -OCH3 is 1. The third kappa shape index (κ3) is 3.91. The van der Waals surface area contributed by atoms with Crippen molar-refractivity contribution in [3.05, 3.63) is 23.1 Å². The molecule has 6 heteroatoms. The molecule has 15 heavy (non-hydrogen) atoms. The van der Waals surface area contributed by atoms with E-state index in [0.717, 1.165) is 0 Å². The van der Waals surface area contributed by atoms with Gasteiger partial charge in [-0.25, -0.2) is 0 Å². The smallest absolute Gasteiger partial charge is 0.236 e. The van der Waals surface area contributed by atoms with Crippen LogP contribution < -0.4 is 11.1 Å². The Labute approximate surface area is 92.5 Å². The molecular formula is C9H13ClN2O3. The molecule has 0 aliphatic rings. The van der Waals surface area contributed by atoms with Gasteiger partial charge in [0.25, 0.3) is 0 Å². The average Bonchev–Trinajstić information content (AvgIpc) is 2.58. The Morgan fingerprint density at radius 2 is 2.47 bits per heavy atom. The number of halogens is 1. The van der Waals surface area contributed by atoms with Crippen molar-refractivity contribution < 1.29 is 13.9 Å². The minimum atomic E-state index is -0.529. The Hall–Kier alpha value is -1.04. The topological polar surface area (TPSA) is 77.5 Å². The van der Waals surface area contributed by atoms with Gasteiger partial charge in [-0.2, -0.15) is 0 Å². The zero-order valence-electron chi connectivity index (χ0n) is 8.33. The van der Waals surface area contributed by atoms with Crippen molar-refractivity contribution in [3.63, 3.8) is 0 Å². The van der Waals surface area contributed by atoms with Crippen LogP contribution in [0.3, 0.4) is 0 Å². The second kappa shape index (κ2) is 5.75. The molecule has 0 aromatic carbocycles. The molecule has 3 N–H and O–H groups in total. The Morgan fingerprint density at radius 3 is 2.93 bits per heavy atom. The molecule has 1 heterocycles. The molecule has 84 valence electrons. The monoisotopic (exact) mass is 232 g/mol. The van der Waals surface area contributed by atoms with Crippen molar-refractivity contribution in [1.82, 2.24) is 5.32 Å². The van der Waals surface area contributed by atoms with Crippen molar-refractivity contribution in [3.8, 4) is 0 Å². The number of carbonyl (C=O) groups excluding carboxylic acids is 1. The fourth-order valence-corrected chi connectivity index (χ4v) is 1.24. The number of nitrogens with one attached hydrogen (secondary N) is 1. The molecule has 5 nitrogen and oxygen atoms in total. The average molecular weight is 233 g/mol. The molecule has 0 aliphatic heterocycles. The van der Waals surface area contributed by atoms with Crippen LogP contribution in [0, 0.1) is 0 Å². The first-order chi connectivity index (χ1) is 7.13. The summed E-state index contributed by atoms with van der Waals surface area (Å²) in [6.07, 6.45) is 0. The van der Waals surface area contributed by atoms with Gasteiger partial charge in [-0.05, 0) is 23.7 Å². The van der Waals surface area contributed by atoms with Crippen LogP contribution in [0.15, 0.2) is 16.5 Å². The zero-order chi connectivity index (χ0) is 11.3. The summed E-state index contributed by atoms with van der Waals surface area (Å²) in [7, 11) is 1.50. The first-order valence-corrected chi connectivity index (χ1v) is 4.77. The normalized spacial score (nSPS) is 12.7. The quantitative estimate of drug-likeness (QED) is 0.750. The van der Waals surface area contributed by atoms with E-state index in [1.807, 2.05) is 0 Å². The van der Waals surface area contributed by atoms with E-state index in [1.165, 1.54) is 7.11 Å². The van der Waals surface area contributed by atoms with Crippen LogP contribution in [-0.2, 0) is 16.1 Å². The van der Waals surface area contributed by atoms with E-state index in [-0.39, 0.29) is 6.61 Å². The first-order valence-electron chi connectivity index (χ1n) is 4.39. The Balaban J connectivity index is 2.43. The maximum Gasteiger partial charge on any atom is 0.236 e. The predicted octanol–water partition coefficient (Wildman–Crippen LogP) is 0.523. The molecular weight excluding hydrogens is 220 g/mol. The minimum absolute atomic E-state index is 0.226. The van der Waals surface area contributed by atoms with Crippen LogP contribution in [0.25, 0.3) is 0 Å². The molecule has 0 aliphatic carbocycles. The van der Waals surface area contributed by atoms with Crippen LogP contribution in [0.1, 0.15) is 5.76 Å². The number of furan rings is 1. The Morgan fingerprint density at radius 1 is 1.73 bits per heavy atom. The lowest BCUT2D eigenvalue weighted by Crippen LogP contribution is -2.43. The van der Waals surface area contributed by atoms with Gasteiger partial charge in [-0.1, -0.05) is 0 Å². The van der Waals surface area contributed by atoms with Crippen LogP contribution in [0.4, 0.5) is 0 Å². The molecule has 0 saturated heterocycles. The summed E-state index contributed by atoms with van der Waals surface area (Å²) in [6.45, 7) is 0.605. The lowest BCUT2D eigenvalue weighted by Gasteiger charge is -2.12. The number of ether oxygens (including phenoxy) is 1. The highest BCUT2D eigenvalue weighted by Crippen LogP contribution is 2.12. The number of primary amides is 1. The third-order valence-corrected chi connectivity index (χ3v) is 2.03. The lowest BCUT2D eigenvalue weighted by molar-refractivity contribution is -0.121. The SMILES string of the molecule is COCC(NCc1ccc(Cl)o1)C(N)=O. The molecule has 1 aromatic rings. The minimum Gasteiger partial charge on any atom is -0.448 e. The van der Waals surface area contributed by atoms with Crippen molar-refractivity contribution >= 4 is 17.5 Å². The van der Waals surface area contributed by atoms with Crippen LogP contribution in [0.5, 0.6) is 0 Å². The number of hydrogen-bond donors (Lipinski definition) is 2. The van der Waals surface area contributed by atoms with Gasteiger partial charge in [0.15, 0.2) is 5.22 Å². The van der Waals surface area contributed by atoms with E-state index in [4.69, 9.17) is 26.5 Å². The Kier molecular flexibility index (Phi) is 4.61. The molecule has 0 fully saturated rings. The van der Waals surface area contributed by atoms with Crippen molar-refractivity contribution in [2.24, 2.45) is 5.73 Å². The largest absolute Gasteiger partial charge is 0.448 e. The molecule has 1 amide bonds. The third-order valence-electron chi connectivity index (χ3n) is 1.83. The number of hydrogen-bond acceptors (Lipinski definition) is 4. The fraction of sp³-hybridized carbons (Fsp3) is 0.444. The van der Waals surface area contributed by atoms with Crippen LogP contribution in [0.2, 0.25) is 5.22 Å². The number of carbonyl (C=O) groups is 1. The van der Waals surface area contributed by atoms with Gasteiger partial charge >= 0.3 is 0 Å². The first kappa shape index (κ1) is 12.0. The van der Waals surface area contributed by atoms with Gasteiger partial charge < -0.3 is 14.9 Å². The number of amides is 1. The molecule has 1 rings (SSSR count). The molecule has 1 atom stereocenters. The lowest BCUT2D eigenvalue weighted by atomic mass is 10.3. The van der Waals surface area contributed by atoms with Gasteiger partial charge in [-0.15, -0.1) is 0 Å². The Bertz CT molecular complexity index is 327. The number of nitrogens with two attached hydrogens (primary N) is 1. The summed E-state index contributed by atoms with van der Waals surface area (Å²) >= 11 is 5.59. The summed E-state index contributed by atoms with van der Waals surface area (Å²) in [5, 5.41) is 3.21. The molecule has 0 spiro atoms. The second-order valence-corrected chi connectivity index (χ2v) is 3.37. The van der Waals surface area contributed by atoms with E-state index in [0.29, 0.717) is 17.5 Å². The van der Waals surface area contributed by atoms with Crippen molar-refractivity contribution in [2.75, 3.05) is 13.7 Å². The van der Waals surface area contributed by atoms with Gasteiger partial charge in [0.1, 0.15) is 11.8 Å². The summed E-state index contributed by atoms with van der Waals surface area (Å²) in [6, 6.07) is 2.83. The summed E-state index contributed by atoms with van der Waals surface area (Å²) in [4.78, 5) is 10.9. The number of rotatable bonds is 6. The molecule has 0 bridgehead atoms. The van der Waals surface area contributed by atoms with Crippen molar-refractivity contribution in [1.29, 1.82) is 0 Å². The summed E-state index contributed by atoms with van der Waals surface area (Å²) in [5.41, 5.74) is 5.15. The molecule has 0 radical (unpaired) electrons. The van der Waals surface area contributed by atoms with Gasteiger partial charge in [0, 0.05) is 7.11 Å². The van der Waals surface area contributed by atoms with Crippen LogP contribution >= 0.6 is 11.6 Å². The van der Waals surface area contributed by atoms with Crippen LogP contribution in [-0.4, -0.2) is 25.7 Å². The van der Waals surface area contributed by atoms with Gasteiger partial charge in [0.2, 0.25) is 5.91 Å². The van der Waals surface area contributed by atoms with Gasteiger partial charge in [0.05, 0.1) is 13.2 Å². The van der Waals surface area contributed by atoms with E-state index >= 15 is 0 Å².